The SMILES string of the molecule is CCCC(O)CNc1ccc(N)c2nonc12. The number of aliphatic hydroxyl groups excluding tert-OH is 1. The Balaban J connectivity index is 2.13. The van der Waals surface area contributed by atoms with E-state index in [0.717, 1.165) is 18.5 Å². The van der Waals surface area contributed by atoms with Crippen LogP contribution in [0.15, 0.2) is 16.8 Å². The fourth-order valence-electron chi connectivity index (χ4n) is 1.69. The molecule has 0 aliphatic carbocycles. The molecule has 1 aromatic carbocycles. The Kier molecular flexibility index (Phi) is 3.43. The van der Waals surface area contributed by atoms with Gasteiger partial charge in [0.1, 0.15) is 0 Å². The van der Waals surface area contributed by atoms with Gasteiger partial charge in [0, 0.05) is 6.54 Å². The molecule has 1 heterocycles. The van der Waals surface area contributed by atoms with Crippen molar-refractivity contribution in [2.45, 2.75) is 25.9 Å². The van der Waals surface area contributed by atoms with Gasteiger partial charge in [-0.1, -0.05) is 13.3 Å². The summed E-state index contributed by atoms with van der Waals surface area (Å²) >= 11 is 0. The van der Waals surface area contributed by atoms with E-state index in [9.17, 15) is 5.11 Å². The second kappa shape index (κ2) is 5.01. The number of aromatic nitrogens is 2. The van der Waals surface area contributed by atoms with Crippen molar-refractivity contribution < 1.29 is 9.74 Å². The first-order chi connectivity index (χ1) is 8.22. The zero-order valence-corrected chi connectivity index (χ0v) is 9.68. The maximum atomic E-state index is 9.64. The number of aliphatic hydroxyl groups is 1. The van der Waals surface area contributed by atoms with Gasteiger partial charge in [-0.05, 0) is 28.9 Å². The van der Waals surface area contributed by atoms with E-state index in [4.69, 9.17) is 5.73 Å². The number of nitrogens with two attached hydrogens (primary N) is 1. The highest BCUT2D eigenvalue weighted by Crippen LogP contribution is 2.25. The van der Waals surface area contributed by atoms with E-state index in [1.807, 2.05) is 6.92 Å². The monoisotopic (exact) mass is 236 g/mol. The largest absolute Gasteiger partial charge is 0.397 e. The summed E-state index contributed by atoms with van der Waals surface area (Å²) in [5.74, 6) is 0. The minimum absolute atomic E-state index is 0.368. The van der Waals surface area contributed by atoms with Gasteiger partial charge in [0.25, 0.3) is 0 Å². The quantitative estimate of drug-likeness (QED) is 0.678. The molecule has 0 radical (unpaired) electrons. The molecule has 0 fully saturated rings. The molecule has 1 unspecified atom stereocenters. The van der Waals surface area contributed by atoms with Crippen molar-refractivity contribution in [1.82, 2.24) is 10.3 Å². The van der Waals surface area contributed by atoms with Gasteiger partial charge in [0.05, 0.1) is 17.5 Å². The molecule has 17 heavy (non-hydrogen) atoms. The lowest BCUT2D eigenvalue weighted by atomic mass is 10.2. The molecule has 2 aromatic rings. The molecule has 92 valence electrons. The Labute approximate surface area is 98.8 Å². The standard InChI is InChI=1S/C11H16N4O2/c1-2-3-7(16)6-13-9-5-4-8(12)10-11(9)15-17-14-10/h4-5,7,13,16H,2-3,6,12H2,1H3. The molecule has 6 nitrogen and oxygen atoms in total. The van der Waals surface area contributed by atoms with E-state index < -0.39 is 0 Å². The Bertz CT molecular complexity index is 497. The van der Waals surface area contributed by atoms with Crippen molar-refractivity contribution in [3.8, 4) is 0 Å². The first-order valence-corrected chi connectivity index (χ1v) is 5.65. The maximum absolute atomic E-state index is 9.64. The minimum atomic E-state index is -0.368. The van der Waals surface area contributed by atoms with Gasteiger partial charge in [-0.25, -0.2) is 4.63 Å². The molecule has 1 aromatic heterocycles. The van der Waals surface area contributed by atoms with Gasteiger partial charge in [0.2, 0.25) is 0 Å². The third kappa shape index (κ3) is 2.47. The van der Waals surface area contributed by atoms with Crippen molar-refractivity contribution in [3.05, 3.63) is 12.1 Å². The van der Waals surface area contributed by atoms with Crippen LogP contribution in [0.1, 0.15) is 19.8 Å². The van der Waals surface area contributed by atoms with Crippen LogP contribution in [0.5, 0.6) is 0 Å². The summed E-state index contributed by atoms with van der Waals surface area (Å²) in [6.45, 7) is 2.51. The molecule has 0 saturated carbocycles. The molecule has 4 N–H and O–H groups in total. The first-order valence-electron chi connectivity index (χ1n) is 5.65. The predicted molar refractivity (Wildman–Crippen MR) is 65.6 cm³/mol. The Morgan fingerprint density at radius 3 is 2.94 bits per heavy atom. The fraction of sp³-hybridized carbons (Fsp3) is 0.455. The van der Waals surface area contributed by atoms with Crippen LogP contribution in [-0.4, -0.2) is 28.1 Å². The minimum Gasteiger partial charge on any atom is -0.397 e. The van der Waals surface area contributed by atoms with Crippen LogP contribution < -0.4 is 11.1 Å². The molecule has 0 bridgehead atoms. The molecule has 0 spiro atoms. The van der Waals surface area contributed by atoms with Crippen LogP contribution in [0.4, 0.5) is 11.4 Å². The summed E-state index contributed by atoms with van der Waals surface area (Å²) in [6.07, 6.45) is 1.35. The number of benzene rings is 1. The second-order valence-corrected chi connectivity index (χ2v) is 3.99. The smallest absolute Gasteiger partial charge is 0.160 e. The Hall–Kier alpha value is -1.82. The van der Waals surface area contributed by atoms with Gasteiger partial charge in [-0.3, -0.25) is 0 Å². The highest BCUT2D eigenvalue weighted by Gasteiger charge is 2.10. The molecular weight excluding hydrogens is 220 g/mol. The van der Waals surface area contributed by atoms with Crippen molar-refractivity contribution in [2.75, 3.05) is 17.6 Å². The molecule has 0 aliphatic rings. The van der Waals surface area contributed by atoms with Crippen LogP contribution in [0.3, 0.4) is 0 Å². The zero-order chi connectivity index (χ0) is 12.3. The van der Waals surface area contributed by atoms with Crippen LogP contribution in [0, 0.1) is 0 Å². The number of hydrogen-bond acceptors (Lipinski definition) is 6. The third-order valence-electron chi connectivity index (χ3n) is 2.60. The third-order valence-corrected chi connectivity index (χ3v) is 2.60. The summed E-state index contributed by atoms with van der Waals surface area (Å²) in [5, 5.41) is 20.3. The van der Waals surface area contributed by atoms with E-state index in [1.54, 1.807) is 12.1 Å². The molecule has 0 aliphatic heterocycles. The van der Waals surface area contributed by atoms with Crippen molar-refractivity contribution in [1.29, 1.82) is 0 Å². The van der Waals surface area contributed by atoms with Crippen LogP contribution in [0.25, 0.3) is 11.0 Å². The van der Waals surface area contributed by atoms with Crippen molar-refractivity contribution in [2.24, 2.45) is 0 Å². The number of anilines is 2. The van der Waals surface area contributed by atoms with E-state index in [0.29, 0.717) is 23.3 Å². The lowest BCUT2D eigenvalue weighted by Gasteiger charge is -2.11. The topological polar surface area (TPSA) is 97.2 Å². The molecule has 0 saturated heterocycles. The molecular formula is C11H16N4O2. The summed E-state index contributed by atoms with van der Waals surface area (Å²) in [7, 11) is 0. The van der Waals surface area contributed by atoms with Gasteiger partial charge in [-0.15, -0.1) is 0 Å². The highest BCUT2D eigenvalue weighted by molar-refractivity contribution is 5.94. The lowest BCUT2D eigenvalue weighted by Crippen LogP contribution is -2.19. The fourth-order valence-corrected chi connectivity index (χ4v) is 1.69. The summed E-state index contributed by atoms with van der Waals surface area (Å²) in [4.78, 5) is 0. The van der Waals surface area contributed by atoms with E-state index in [1.165, 1.54) is 0 Å². The number of nitrogen functional groups attached to an aromatic ring is 1. The normalized spacial score (nSPS) is 12.8. The molecule has 1 atom stereocenters. The van der Waals surface area contributed by atoms with Crippen molar-refractivity contribution in [3.63, 3.8) is 0 Å². The number of nitrogens with zero attached hydrogens (tertiary/aromatic N) is 2. The molecule has 6 heteroatoms. The average molecular weight is 236 g/mol. The van der Waals surface area contributed by atoms with E-state index in [2.05, 4.69) is 20.3 Å². The summed E-state index contributed by atoms with van der Waals surface area (Å²) in [6, 6.07) is 3.54. The first kappa shape index (κ1) is 11.7. The van der Waals surface area contributed by atoms with Gasteiger partial charge in [0.15, 0.2) is 11.0 Å². The van der Waals surface area contributed by atoms with Gasteiger partial charge < -0.3 is 16.2 Å². The van der Waals surface area contributed by atoms with Crippen molar-refractivity contribution >= 4 is 22.4 Å². The van der Waals surface area contributed by atoms with E-state index in [-0.39, 0.29) is 6.10 Å². The second-order valence-electron chi connectivity index (χ2n) is 3.99. The van der Waals surface area contributed by atoms with Crippen LogP contribution in [0.2, 0.25) is 0 Å². The Morgan fingerprint density at radius 1 is 1.41 bits per heavy atom. The van der Waals surface area contributed by atoms with Gasteiger partial charge >= 0.3 is 0 Å². The zero-order valence-electron chi connectivity index (χ0n) is 9.68. The maximum Gasteiger partial charge on any atom is 0.160 e. The van der Waals surface area contributed by atoms with Gasteiger partial charge in [-0.2, -0.15) is 0 Å². The van der Waals surface area contributed by atoms with Crippen LogP contribution in [-0.2, 0) is 0 Å². The highest BCUT2D eigenvalue weighted by atomic mass is 16.6. The number of nitrogens with one attached hydrogen (secondary N) is 1. The average Bonchev–Trinajstić information content (AvgIpc) is 2.78. The molecule has 2 rings (SSSR count). The summed E-state index contributed by atoms with van der Waals surface area (Å²) < 4.78 is 4.66. The number of fused-ring (bicyclic) bond motifs is 1. The van der Waals surface area contributed by atoms with Crippen LogP contribution >= 0.6 is 0 Å². The predicted octanol–water partition coefficient (Wildman–Crippen LogP) is 1.38. The van der Waals surface area contributed by atoms with E-state index >= 15 is 0 Å². The number of rotatable bonds is 5. The lowest BCUT2D eigenvalue weighted by molar-refractivity contribution is 0.176. The molecule has 0 amide bonds. The Morgan fingerprint density at radius 2 is 2.18 bits per heavy atom. The number of hydrogen-bond donors (Lipinski definition) is 3. The summed E-state index contributed by atoms with van der Waals surface area (Å²) in [5.41, 5.74) is 8.16.